The predicted octanol–water partition coefficient (Wildman–Crippen LogP) is 3.51. The van der Waals surface area contributed by atoms with Crippen LogP contribution >= 0.6 is 0 Å². The van der Waals surface area contributed by atoms with Crippen LogP contribution in [-0.2, 0) is 22.7 Å². The third-order valence-electron chi connectivity index (χ3n) is 4.79. The number of para-hydroxylation sites is 1. The number of nitrogens with one attached hydrogen (secondary N) is 1. The normalized spacial score (nSPS) is 12.2. The molecule has 1 N–H and O–H groups in total. The lowest BCUT2D eigenvalue weighted by Crippen LogP contribution is -2.32. The fraction of sp³-hybridized carbons (Fsp3) is 0.391. The van der Waals surface area contributed by atoms with Crippen LogP contribution in [0.4, 0.5) is 4.79 Å². The lowest BCUT2D eigenvalue weighted by atomic mass is 10.1. The maximum absolute atomic E-state index is 12.6. The van der Waals surface area contributed by atoms with Gasteiger partial charge in [0.15, 0.2) is 11.5 Å². The number of nitrogens with zero attached hydrogens (tertiary/aromatic N) is 1. The average molecular weight is 412 g/mol. The van der Waals surface area contributed by atoms with Crippen LogP contribution in [0.25, 0.3) is 0 Å². The van der Waals surface area contributed by atoms with E-state index < -0.39 is 6.09 Å². The van der Waals surface area contributed by atoms with E-state index in [2.05, 4.69) is 5.32 Å². The summed E-state index contributed by atoms with van der Waals surface area (Å²) in [6.07, 6.45) is 0.410. The van der Waals surface area contributed by atoms with E-state index in [1.807, 2.05) is 55.5 Å². The van der Waals surface area contributed by atoms with Gasteiger partial charge in [0.1, 0.15) is 19.8 Å². The Bertz CT molecular complexity index is 841. The van der Waals surface area contributed by atoms with Crippen molar-refractivity contribution in [3.63, 3.8) is 0 Å². The number of fused-ring (bicyclic) bond motifs is 1. The van der Waals surface area contributed by atoms with E-state index in [0.29, 0.717) is 45.7 Å². The minimum atomic E-state index is -0.480. The van der Waals surface area contributed by atoms with Crippen LogP contribution in [-0.4, -0.2) is 43.2 Å². The average Bonchev–Trinajstić information content (AvgIpc) is 2.79. The van der Waals surface area contributed by atoms with Gasteiger partial charge in [-0.3, -0.25) is 4.79 Å². The summed E-state index contributed by atoms with van der Waals surface area (Å²) in [7, 11) is 0. The first-order valence-corrected chi connectivity index (χ1v) is 10.3. The molecule has 0 saturated heterocycles. The third-order valence-corrected chi connectivity index (χ3v) is 4.79. The Hall–Kier alpha value is -3.22. The second-order valence-corrected chi connectivity index (χ2v) is 6.94. The Labute approximate surface area is 176 Å². The molecule has 0 saturated carbocycles. The van der Waals surface area contributed by atoms with Gasteiger partial charge < -0.3 is 24.4 Å². The summed E-state index contributed by atoms with van der Waals surface area (Å²) >= 11 is 0. The van der Waals surface area contributed by atoms with Gasteiger partial charge in [-0.05, 0) is 25.0 Å². The Morgan fingerprint density at radius 2 is 1.87 bits per heavy atom. The van der Waals surface area contributed by atoms with E-state index in [0.717, 1.165) is 22.6 Å². The molecular weight excluding hydrogens is 384 g/mol. The first kappa shape index (κ1) is 21.5. The Kier molecular flexibility index (Phi) is 7.94. The van der Waals surface area contributed by atoms with Gasteiger partial charge >= 0.3 is 6.09 Å². The number of alkyl carbamates (subject to hydrolysis) is 1. The van der Waals surface area contributed by atoms with Crippen LogP contribution in [0.5, 0.6) is 11.5 Å². The molecule has 2 amide bonds. The predicted molar refractivity (Wildman–Crippen MR) is 112 cm³/mol. The lowest BCUT2D eigenvalue weighted by Gasteiger charge is -2.25. The van der Waals surface area contributed by atoms with E-state index in [1.165, 1.54) is 0 Å². The van der Waals surface area contributed by atoms with E-state index in [4.69, 9.17) is 14.2 Å². The zero-order chi connectivity index (χ0) is 21.2. The molecule has 0 radical (unpaired) electrons. The molecule has 7 nitrogen and oxygen atoms in total. The van der Waals surface area contributed by atoms with Gasteiger partial charge in [-0.2, -0.15) is 0 Å². The van der Waals surface area contributed by atoms with E-state index in [-0.39, 0.29) is 12.5 Å². The number of rotatable bonds is 9. The minimum absolute atomic E-state index is 0.0336. The van der Waals surface area contributed by atoms with E-state index in [9.17, 15) is 9.59 Å². The summed E-state index contributed by atoms with van der Waals surface area (Å²) in [5.74, 6) is 1.48. The van der Waals surface area contributed by atoms with Gasteiger partial charge in [-0.15, -0.1) is 0 Å². The fourth-order valence-electron chi connectivity index (χ4n) is 3.20. The Morgan fingerprint density at radius 1 is 1.07 bits per heavy atom. The summed E-state index contributed by atoms with van der Waals surface area (Å²) in [6, 6.07) is 15.2. The molecule has 0 unspecified atom stereocenters. The Balaban J connectivity index is 1.40. The number of ether oxygens (including phenoxy) is 3. The Morgan fingerprint density at radius 3 is 2.67 bits per heavy atom. The van der Waals surface area contributed by atoms with Crippen molar-refractivity contribution in [1.29, 1.82) is 0 Å². The highest BCUT2D eigenvalue weighted by atomic mass is 16.6. The van der Waals surface area contributed by atoms with Crippen molar-refractivity contribution >= 4 is 12.0 Å². The van der Waals surface area contributed by atoms with Crippen molar-refractivity contribution in [1.82, 2.24) is 10.2 Å². The maximum Gasteiger partial charge on any atom is 0.407 e. The molecule has 0 spiro atoms. The molecule has 1 heterocycles. The molecule has 3 rings (SSSR count). The van der Waals surface area contributed by atoms with Gasteiger partial charge in [-0.25, -0.2) is 4.79 Å². The summed E-state index contributed by atoms with van der Waals surface area (Å²) in [6.45, 7) is 4.66. The topological polar surface area (TPSA) is 77.1 Å². The summed E-state index contributed by atoms with van der Waals surface area (Å²) < 4.78 is 16.5. The SMILES string of the molecule is CCN(Cc1cccc2c1OCCO2)C(=O)CCCNC(=O)OCc1ccccc1. The minimum Gasteiger partial charge on any atom is -0.486 e. The van der Waals surface area contributed by atoms with Crippen molar-refractivity contribution in [3.8, 4) is 11.5 Å². The van der Waals surface area contributed by atoms with Gasteiger partial charge in [0, 0.05) is 31.6 Å². The first-order valence-electron chi connectivity index (χ1n) is 10.3. The number of amides is 2. The van der Waals surface area contributed by atoms with Crippen molar-refractivity contribution in [2.75, 3.05) is 26.3 Å². The maximum atomic E-state index is 12.6. The van der Waals surface area contributed by atoms with Crippen LogP contribution in [0.1, 0.15) is 30.9 Å². The molecule has 7 heteroatoms. The second kappa shape index (κ2) is 11.1. The van der Waals surface area contributed by atoms with Crippen molar-refractivity contribution < 1.29 is 23.8 Å². The van der Waals surface area contributed by atoms with Crippen LogP contribution in [0.3, 0.4) is 0 Å². The highest BCUT2D eigenvalue weighted by molar-refractivity contribution is 5.76. The molecule has 0 bridgehead atoms. The molecule has 0 atom stereocenters. The van der Waals surface area contributed by atoms with Crippen LogP contribution in [0.15, 0.2) is 48.5 Å². The van der Waals surface area contributed by atoms with Crippen molar-refractivity contribution in [2.24, 2.45) is 0 Å². The standard InChI is InChI=1S/C23H28N2O5/c1-2-25(16-19-10-6-11-20-22(19)29-15-14-28-20)21(26)12-7-13-24-23(27)30-17-18-8-4-3-5-9-18/h3-6,8-11H,2,7,12-17H2,1H3,(H,24,27). The number of benzene rings is 2. The van der Waals surface area contributed by atoms with Gasteiger partial charge in [0.05, 0.1) is 0 Å². The molecule has 160 valence electrons. The van der Waals surface area contributed by atoms with Gasteiger partial charge in [0.2, 0.25) is 5.91 Å². The molecule has 2 aromatic rings. The number of hydrogen-bond donors (Lipinski definition) is 1. The van der Waals surface area contributed by atoms with Crippen LogP contribution in [0.2, 0.25) is 0 Å². The zero-order valence-corrected chi connectivity index (χ0v) is 17.3. The van der Waals surface area contributed by atoms with Gasteiger partial charge in [0.25, 0.3) is 0 Å². The van der Waals surface area contributed by atoms with Crippen molar-refractivity contribution in [3.05, 3.63) is 59.7 Å². The highest BCUT2D eigenvalue weighted by Crippen LogP contribution is 2.34. The summed E-state index contributed by atoms with van der Waals surface area (Å²) in [4.78, 5) is 26.2. The summed E-state index contributed by atoms with van der Waals surface area (Å²) in [5.41, 5.74) is 1.86. The monoisotopic (exact) mass is 412 g/mol. The molecule has 1 aliphatic rings. The van der Waals surface area contributed by atoms with Crippen molar-refractivity contribution in [2.45, 2.75) is 32.9 Å². The molecule has 0 fully saturated rings. The smallest absolute Gasteiger partial charge is 0.407 e. The lowest BCUT2D eigenvalue weighted by molar-refractivity contribution is -0.131. The molecule has 0 aromatic heterocycles. The second-order valence-electron chi connectivity index (χ2n) is 6.94. The van der Waals surface area contributed by atoms with E-state index in [1.54, 1.807) is 4.90 Å². The molecule has 30 heavy (non-hydrogen) atoms. The largest absolute Gasteiger partial charge is 0.486 e. The van der Waals surface area contributed by atoms with Gasteiger partial charge in [-0.1, -0.05) is 42.5 Å². The third kappa shape index (κ3) is 6.14. The van der Waals surface area contributed by atoms with Crippen LogP contribution < -0.4 is 14.8 Å². The molecule has 2 aromatic carbocycles. The fourth-order valence-corrected chi connectivity index (χ4v) is 3.20. The van der Waals surface area contributed by atoms with E-state index >= 15 is 0 Å². The number of hydrogen-bond acceptors (Lipinski definition) is 5. The summed E-state index contributed by atoms with van der Waals surface area (Å²) in [5, 5.41) is 2.69. The quantitative estimate of drug-likeness (QED) is 0.638. The molecular formula is C23H28N2O5. The molecule has 0 aliphatic carbocycles. The number of carbonyl (C=O) groups excluding carboxylic acids is 2. The first-order chi connectivity index (χ1) is 14.7. The zero-order valence-electron chi connectivity index (χ0n) is 17.3. The van der Waals surface area contributed by atoms with Crippen LogP contribution in [0, 0.1) is 0 Å². The number of carbonyl (C=O) groups is 2. The molecule has 1 aliphatic heterocycles. The highest BCUT2D eigenvalue weighted by Gasteiger charge is 2.19.